The van der Waals surface area contributed by atoms with Gasteiger partial charge in [-0.1, -0.05) is 11.8 Å². The zero-order valence-corrected chi connectivity index (χ0v) is 12.6. The Kier molecular flexibility index (Phi) is 5.37. The third-order valence-electron chi connectivity index (χ3n) is 3.66. The van der Waals surface area contributed by atoms with Crippen LogP contribution in [0.25, 0.3) is 0 Å². The van der Waals surface area contributed by atoms with E-state index >= 15 is 0 Å². The minimum Gasteiger partial charge on any atom is -0.396 e. The Morgan fingerprint density at radius 3 is 2.38 bits per heavy atom. The van der Waals surface area contributed by atoms with E-state index in [1.807, 2.05) is 0 Å². The van der Waals surface area contributed by atoms with Crippen LogP contribution in [0, 0.1) is 17.8 Å². The van der Waals surface area contributed by atoms with Crippen LogP contribution in [-0.2, 0) is 10.0 Å². The second-order valence-corrected chi connectivity index (χ2v) is 7.00. The first kappa shape index (κ1) is 16.0. The van der Waals surface area contributed by atoms with Crippen molar-refractivity contribution in [1.82, 2.24) is 4.31 Å². The lowest BCUT2D eigenvalue weighted by Crippen LogP contribution is -2.39. The molecule has 0 atom stereocenters. The van der Waals surface area contributed by atoms with Crippen LogP contribution in [0.15, 0.2) is 29.2 Å². The van der Waals surface area contributed by atoms with Gasteiger partial charge < -0.3 is 10.8 Å². The van der Waals surface area contributed by atoms with Crippen LogP contribution in [0.4, 0.5) is 0 Å². The lowest BCUT2D eigenvalue weighted by atomic mass is 10.00. The maximum absolute atomic E-state index is 12.5. The van der Waals surface area contributed by atoms with Crippen molar-refractivity contribution in [2.75, 3.05) is 26.2 Å². The predicted octanol–water partition coefficient (Wildman–Crippen LogP) is 0.390. The molecule has 3 N–H and O–H groups in total. The van der Waals surface area contributed by atoms with Crippen LogP contribution < -0.4 is 5.73 Å². The Morgan fingerprint density at radius 1 is 1.24 bits per heavy atom. The van der Waals surface area contributed by atoms with Crippen LogP contribution in [0.1, 0.15) is 18.4 Å². The lowest BCUT2D eigenvalue weighted by Gasteiger charge is -2.30. The molecule has 2 rings (SSSR count). The highest BCUT2D eigenvalue weighted by atomic mass is 32.2. The van der Waals surface area contributed by atoms with Gasteiger partial charge in [0, 0.05) is 25.3 Å². The highest BCUT2D eigenvalue weighted by Crippen LogP contribution is 2.23. The van der Waals surface area contributed by atoms with Crippen molar-refractivity contribution in [3.63, 3.8) is 0 Å². The summed E-state index contributed by atoms with van der Waals surface area (Å²) in [6, 6.07) is 6.54. The van der Waals surface area contributed by atoms with Gasteiger partial charge in [0.15, 0.2) is 0 Å². The lowest BCUT2D eigenvalue weighted by molar-refractivity contribution is 0.170. The first-order chi connectivity index (χ1) is 10.1. The number of hydrogen-bond donors (Lipinski definition) is 2. The normalized spacial score (nSPS) is 17.2. The molecule has 1 fully saturated rings. The van der Waals surface area contributed by atoms with Crippen LogP contribution in [0.5, 0.6) is 0 Å². The van der Waals surface area contributed by atoms with Gasteiger partial charge in [0.25, 0.3) is 0 Å². The number of nitrogens with zero attached hydrogens (tertiary/aromatic N) is 1. The predicted molar refractivity (Wildman–Crippen MR) is 80.9 cm³/mol. The molecule has 5 nitrogen and oxygen atoms in total. The summed E-state index contributed by atoms with van der Waals surface area (Å²) in [5, 5.41) is 9.11. The third-order valence-corrected chi connectivity index (χ3v) is 5.57. The maximum Gasteiger partial charge on any atom is 0.243 e. The number of aliphatic hydroxyl groups excluding tert-OH is 1. The topological polar surface area (TPSA) is 83.6 Å². The molecule has 0 saturated carbocycles. The molecule has 6 heteroatoms. The van der Waals surface area contributed by atoms with E-state index < -0.39 is 10.0 Å². The van der Waals surface area contributed by atoms with Crippen molar-refractivity contribution in [1.29, 1.82) is 0 Å². The van der Waals surface area contributed by atoms with Crippen LogP contribution in [-0.4, -0.2) is 44.1 Å². The fraction of sp³-hybridized carbons (Fsp3) is 0.467. The number of piperidine rings is 1. The molecular formula is C15H20N2O3S. The Hall–Kier alpha value is -1.39. The highest BCUT2D eigenvalue weighted by molar-refractivity contribution is 7.89. The summed E-state index contributed by atoms with van der Waals surface area (Å²) >= 11 is 0. The molecular weight excluding hydrogens is 288 g/mol. The third kappa shape index (κ3) is 3.83. The molecule has 0 radical (unpaired) electrons. The zero-order chi connectivity index (χ0) is 15.3. The molecule has 1 aliphatic rings. The van der Waals surface area contributed by atoms with Crippen molar-refractivity contribution >= 4 is 10.0 Å². The highest BCUT2D eigenvalue weighted by Gasteiger charge is 2.28. The van der Waals surface area contributed by atoms with Gasteiger partial charge in [-0.2, -0.15) is 4.31 Å². The number of nitrogens with two attached hydrogens (primary N) is 1. The Balaban J connectivity index is 2.13. The SMILES string of the molecule is NCC#Cc1ccc(S(=O)(=O)N2CCC(CO)CC2)cc1. The van der Waals surface area contributed by atoms with Crippen molar-refractivity contribution in [3.05, 3.63) is 29.8 Å². The van der Waals surface area contributed by atoms with Gasteiger partial charge in [0.05, 0.1) is 11.4 Å². The molecule has 1 aromatic carbocycles. The molecule has 1 heterocycles. The summed E-state index contributed by atoms with van der Waals surface area (Å²) in [6.45, 7) is 1.33. The van der Waals surface area contributed by atoms with Gasteiger partial charge >= 0.3 is 0 Å². The molecule has 0 bridgehead atoms. The largest absolute Gasteiger partial charge is 0.396 e. The second-order valence-electron chi connectivity index (χ2n) is 5.06. The maximum atomic E-state index is 12.5. The van der Waals surface area contributed by atoms with E-state index in [-0.39, 0.29) is 24.0 Å². The summed E-state index contributed by atoms with van der Waals surface area (Å²) in [6.07, 6.45) is 1.41. The molecule has 0 amide bonds. The second kappa shape index (κ2) is 7.05. The minimum absolute atomic E-state index is 0.127. The van der Waals surface area contributed by atoms with E-state index in [0.29, 0.717) is 25.9 Å². The summed E-state index contributed by atoms with van der Waals surface area (Å²) in [7, 11) is -3.45. The van der Waals surface area contributed by atoms with Gasteiger partial charge in [0.2, 0.25) is 10.0 Å². The van der Waals surface area contributed by atoms with E-state index in [9.17, 15) is 8.42 Å². The zero-order valence-electron chi connectivity index (χ0n) is 11.8. The summed E-state index contributed by atoms with van der Waals surface area (Å²) < 4.78 is 26.5. The van der Waals surface area contributed by atoms with Gasteiger partial charge in [-0.3, -0.25) is 0 Å². The number of aliphatic hydroxyl groups is 1. The average Bonchev–Trinajstić information content (AvgIpc) is 2.53. The first-order valence-corrected chi connectivity index (χ1v) is 8.42. The summed E-state index contributed by atoms with van der Waals surface area (Å²) in [4.78, 5) is 0.281. The molecule has 1 aliphatic heterocycles. The van der Waals surface area contributed by atoms with Crippen molar-refractivity contribution < 1.29 is 13.5 Å². The van der Waals surface area contributed by atoms with Crippen molar-refractivity contribution in [3.8, 4) is 11.8 Å². The molecule has 0 spiro atoms. The van der Waals surface area contributed by atoms with E-state index in [0.717, 1.165) is 5.56 Å². The molecule has 1 aromatic rings. The number of sulfonamides is 1. The monoisotopic (exact) mass is 308 g/mol. The Morgan fingerprint density at radius 2 is 1.86 bits per heavy atom. The van der Waals surface area contributed by atoms with Crippen molar-refractivity contribution in [2.45, 2.75) is 17.7 Å². The summed E-state index contributed by atoms with van der Waals surface area (Å²) in [5.41, 5.74) is 6.05. The van der Waals surface area contributed by atoms with Gasteiger partial charge in [-0.05, 0) is 43.0 Å². The molecule has 0 aromatic heterocycles. The molecule has 0 aliphatic carbocycles. The van der Waals surface area contributed by atoms with Gasteiger partial charge in [-0.15, -0.1) is 0 Å². The number of rotatable bonds is 3. The number of hydrogen-bond acceptors (Lipinski definition) is 4. The molecule has 0 unspecified atom stereocenters. The Bertz CT molecular complexity index is 621. The standard InChI is InChI=1S/C15H20N2O3S/c16-9-1-2-13-3-5-15(6-4-13)21(19,20)17-10-7-14(12-18)8-11-17/h3-6,14,18H,7-12,16H2. The fourth-order valence-corrected chi connectivity index (χ4v) is 3.81. The average molecular weight is 308 g/mol. The first-order valence-electron chi connectivity index (χ1n) is 6.98. The van der Waals surface area contributed by atoms with Gasteiger partial charge in [0.1, 0.15) is 0 Å². The number of benzene rings is 1. The van der Waals surface area contributed by atoms with E-state index in [4.69, 9.17) is 10.8 Å². The fourth-order valence-electron chi connectivity index (χ4n) is 2.34. The Labute approximate surface area is 125 Å². The van der Waals surface area contributed by atoms with Crippen LogP contribution in [0.2, 0.25) is 0 Å². The van der Waals surface area contributed by atoms with Gasteiger partial charge in [-0.25, -0.2) is 8.42 Å². The molecule has 114 valence electrons. The van der Waals surface area contributed by atoms with E-state index in [1.165, 1.54) is 4.31 Å². The van der Waals surface area contributed by atoms with E-state index in [2.05, 4.69) is 11.8 Å². The van der Waals surface area contributed by atoms with Crippen LogP contribution in [0.3, 0.4) is 0 Å². The molecule has 1 saturated heterocycles. The minimum atomic E-state index is -3.45. The quantitative estimate of drug-likeness (QED) is 0.791. The molecule has 21 heavy (non-hydrogen) atoms. The van der Waals surface area contributed by atoms with E-state index in [1.54, 1.807) is 24.3 Å². The summed E-state index contributed by atoms with van der Waals surface area (Å²) in [5.74, 6) is 5.81. The smallest absolute Gasteiger partial charge is 0.243 e. The van der Waals surface area contributed by atoms with Crippen molar-refractivity contribution in [2.24, 2.45) is 11.7 Å². The van der Waals surface area contributed by atoms with Crippen LogP contribution >= 0.6 is 0 Å².